The topological polar surface area (TPSA) is 42.0 Å². The van der Waals surface area contributed by atoms with Crippen molar-refractivity contribution in [1.29, 1.82) is 0 Å². The van der Waals surface area contributed by atoms with E-state index in [4.69, 9.17) is 0 Å². The number of pyridine rings is 1. The minimum Gasteiger partial charge on any atom is -0.352 e. The van der Waals surface area contributed by atoms with Gasteiger partial charge in [-0.3, -0.25) is 9.78 Å². The number of aryl methyl sites for hydroxylation is 1. The maximum atomic E-state index is 12.0. The molecule has 0 aliphatic carbocycles. The van der Waals surface area contributed by atoms with Crippen molar-refractivity contribution in [2.45, 2.75) is 33.1 Å². The first-order valence-corrected chi connectivity index (χ1v) is 7.56. The van der Waals surface area contributed by atoms with Crippen LogP contribution in [-0.2, 0) is 0 Å². The fraction of sp³-hybridized carbons (Fsp3) is 0.571. The van der Waals surface area contributed by atoms with Gasteiger partial charge in [0.15, 0.2) is 0 Å². The van der Waals surface area contributed by atoms with Gasteiger partial charge in [-0.1, -0.05) is 29.3 Å². The van der Waals surface area contributed by atoms with E-state index in [9.17, 15) is 4.79 Å². The van der Waals surface area contributed by atoms with Crippen molar-refractivity contribution in [2.75, 3.05) is 11.9 Å². The molecule has 18 heavy (non-hydrogen) atoms. The van der Waals surface area contributed by atoms with Crippen LogP contribution < -0.4 is 5.32 Å². The second-order valence-electron chi connectivity index (χ2n) is 4.53. The molecule has 1 atom stereocenters. The zero-order valence-corrected chi connectivity index (χ0v) is 12.7. The Hall–Kier alpha value is -0.900. The van der Waals surface area contributed by atoms with Crippen molar-refractivity contribution >= 4 is 21.8 Å². The number of hydrogen-bond acceptors (Lipinski definition) is 2. The summed E-state index contributed by atoms with van der Waals surface area (Å²) < 4.78 is 0. The lowest BCUT2D eigenvalue weighted by Crippen LogP contribution is -2.29. The zero-order valence-electron chi connectivity index (χ0n) is 11.1. The molecule has 1 rings (SSSR count). The molecule has 4 heteroatoms. The van der Waals surface area contributed by atoms with E-state index >= 15 is 0 Å². The van der Waals surface area contributed by atoms with E-state index < -0.39 is 0 Å². The molecule has 1 N–H and O–H groups in total. The smallest absolute Gasteiger partial charge is 0.251 e. The van der Waals surface area contributed by atoms with Crippen molar-refractivity contribution in [3.63, 3.8) is 0 Å². The van der Waals surface area contributed by atoms with Gasteiger partial charge in [-0.25, -0.2) is 0 Å². The van der Waals surface area contributed by atoms with Crippen LogP contribution in [0, 0.1) is 12.8 Å². The SMILES string of the molecule is CCCC(CCBr)CNC(=O)c1ccnc(C)c1. The zero-order chi connectivity index (χ0) is 13.4. The van der Waals surface area contributed by atoms with Crippen LogP contribution in [0.4, 0.5) is 0 Å². The van der Waals surface area contributed by atoms with E-state index in [0.29, 0.717) is 11.5 Å². The third-order valence-electron chi connectivity index (χ3n) is 2.92. The number of alkyl halides is 1. The largest absolute Gasteiger partial charge is 0.352 e. The molecule has 0 saturated heterocycles. The van der Waals surface area contributed by atoms with Gasteiger partial charge in [-0.05, 0) is 37.8 Å². The van der Waals surface area contributed by atoms with Gasteiger partial charge >= 0.3 is 0 Å². The molecule has 0 bridgehead atoms. The first-order valence-electron chi connectivity index (χ1n) is 6.44. The average molecular weight is 313 g/mol. The minimum atomic E-state index is -0.00354. The third-order valence-corrected chi connectivity index (χ3v) is 3.38. The van der Waals surface area contributed by atoms with E-state index in [1.54, 1.807) is 12.3 Å². The summed E-state index contributed by atoms with van der Waals surface area (Å²) in [6.07, 6.45) is 5.08. The molecule has 0 aromatic carbocycles. The summed E-state index contributed by atoms with van der Waals surface area (Å²) in [6.45, 7) is 4.82. The highest BCUT2D eigenvalue weighted by molar-refractivity contribution is 9.09. The number of halogens is 1. The molecule has 1 unspecified atom stereocenters. The third kappa shape index (κ3) is 5.17. The number of rotatable bonds is 7. The summed E-state index contributed by atoms with van der Waals surface area (Å²) >= 11 is 3.46. The van der Waals surface area contributed by atoms with Crippen molar-refractivity contribution in [2.24, 2.45) is 5.92 Å². The molecule has 0 aliphatic heterocycles. The summed E-state index contributed by atoms with van der Waals surface area (Å²) in [4.78, 5) is 16.0. The highest BCUT2D eigenvalue weighted by Gasteiger charge is 2.10. The van der Waals surface area contributed by atoms with Crippen molar-refractivity contribution in [3.8, 4) is 0 Å². The van der Waals surface area contributed by atoms with Crippen LogP contribution in [0.15, 0.2) is 18.3 Å². The van der Waals surface area contributed by atoms with E-state index in [0.717, 1.165) is 36.8 Å². The van der Waals surface area contributed by atoms with Gasteiger partial charge in [-0.2, -0.15) is 0 Å². The van der Waals surface area contributed by atoms with E-state index in [2.05, 4.69) is 33.2 Å². The summed E-state index contributed by atoms with van der Waals surface area (Å²) in [6, 6.07) is 3.57. The molecule has 0 radical (unpaired) electrons. The van der Waals surface area contributed by atoms with Crippen LogP contribution in [0.5, 0.6) is 0 Å². The van der Waals surface area contributed by atoms with Gasteiger partial charge < -0.3 is 5.32 Å². The Balaban J connectivity index is 2.49. The first kappa shape index (κ1) is 15.2. The highest BCUT2D eigenvalue weighted by atomic mass is 79.9. The van der Waals surface area contributed by atoms with E-state index in [1.165, 1.54) is 0 Å². The molecule has 0 saturated carbocycles. The Kier molecular flexibility index (Phi) is 6.94. The van der Waals surface area contributed by atoms with Gasteiger partial charge in [0, 0.05) is 29.3 Å². The van der Waals surface area contributed by atoms with E-state index in [1.807, 2.05) is 13.0 Å². The molecule has 0 fully saturated rings. The lowest BCUT2D eigenvalue weighted by atomic mass is 10.0. The number of nitrogens with zero attached hydrogens (tertiary/aromatic N) is 1. The molecule has 1 aromatic rings. The second-order valence-corrected chi connectivity index (χ2v) is 5.32. The summed E-state index contributed by atoms with van der Waals surface area (Å²) in [5.74, 6) is 0.553. The molecular weight excluding hydrogens is 292 g/mol. The Morgan fingerprint density at radius 1 is 1.50 bits per heavy atom. The summed E-state index contributed by atoms with van der Waals surface area (Å²) in [7, 11) is 0. The maximum absolute atomic E-state index is 12.0. The Morgan fingerprint density at radius 2 is 2.28 bits per heavy atom. The van der Waals surface area contributed by atoms with Gasteiger partial charge in [0.2, 0.25) is 0 Å². The Morgan fingerprint density at radius 3 is 2.89 bits per heavy atom. The molecular formula is C14H21BrN2O. The molecule has 100 valence electrons. The molecule has 3 nitrogen and oxygen atoms in total. The van der Waals surface area contributed by atoms with Crippen LogP contribution in [-0.4, -0.2) is 22.8 Å². The minimum absolute atomic E-state index is 0.00354. The fourth-order valence-corrected chi connectivity index (χ4v) is 2.58. The van der Waals surface area contributed by atoms with Crippen molar-refractivity contribution in [3.05, 3.63) is 29.6 Å². The molecule has 0 spiro atoms. The second kappa shape index (κ2) is 8.25. The van der Waals surface area contributed by atoms with Gasteiger partial charge in [0.1, 0.15) is 0 Å². The average Bonchev–Trinajstić information content (AvgIpc) is 2.36. The summed E-state index contributed by atoms with van der Waals surface area (Å²) in [5.41, 5.74) is 1.56. The number of hydrogen-bond donors (Lipinski definition) is 1. The van der Waals surface area contributed by atoms with E-state index in [-0.39, 0.29) is 5.91 Å². The van der Waals surface area contributed by atoms with Gasteiger partial charge in [0.25, 0.3) is 5.91 Å². The standard InChI is InChI=1S/C14H21BrN2O/c1-3-4-12(5-7-15)10-17-14(18)13-6-8-16-11(2)9-13/h6,8-9,12H,3-5,7,10H2,1-2H3,(H,17,18). The van der Waals surface area contributed by atoms with Crippen LogP contribution >= 0.6 is 15.9 Å². The van der Waals surface area contributed by atoms with Gasteiger partial charge in [0.05, 0.1) is 0 Å². The number of carbonyl (C=O) groups excluding carboxylic acids is 1. The monoisotopic (exact) mass is 312 g/mol. The lowest BCUT2D eigenvalue weighted by Gasteiger charge is -2.15. The first-order chi connectivity index (χ1) is 8.67. The Labute approximate surface area is 118 Å². The predicted molar refractivity (Wildman–Crippen MR) is 78.1 cm³/mol. The predicted octanol–water partition coefficient (Wildman–Crippen LogP) is 3.32. The maximum Gasteiger partial charge on any atom is 0.251 e. The molecule has 0 aliphatic rings. The highest BCUT2D eigenvalue weighted by Crippen LogP contribution is 2.12. The molecule has 1 amide bonds. The fourth-order valence-electron chi connectivity index (χ4n) is 1.94. The number of aromatic nitrogens is 1. The summed E-state index contributed by atoms with van der Waals surface area (Å²) in [5, 5.41) is 4.00. The number of amides is 1. The van der Waals surface area contributed by atoms with Crippen LogP contribution in [0.3, 0.4) is 0 Å². The Bertz CT molecular complexity index is 376. The molecule has 1 aromatic heterocycles. The number of carbonyl (C=O) groups is 1. The quantitative estimate of drug-likeness (QED) is 0.785. The molecule has 1 heterocycles. The van der Waals surface area contributed by atoms with Gasteiger partial charge in [-0.15, -0.1) is 0 Å². The lowest BCUT2D eigenvalue weighted by molar-refractivity contribution is 0.0946. The number of nitrogens with one attached hydrogen (secondary N) is 1. The van der Waals surface area contributed by atoms with Crippen LogP contribution in [0.1, 0.15) is 42.2 Å². The van der Waals surface area contributed by atoms with Crippen LogP contribution in [0.25, 0.3) is 0 Å². The van der Waals surface area contributed by atoms with Crippen molar-refractivity contribution in [1.82, 2.24) is 10.3 Å². The van der Waals surface area contributed by atoms with Crippen molar-refractivity contribution < 1.29 is 4.79 Å². The van der Waals surface area contributed by atoms with Crippen LogP contribution in [0.2, 0.25) is 0 Å². The normalized spacial score (nSPS) is 12.2.